The van der Waals surface area contributed by atoms with Crippen molar-refractivity contribution in [2.75, 3.05) is 6.54 Å². The molecule has 0 aliphatic heterocycles. The van der Waals surface area contributed by atoms with Gasteiger partial charge in [-0.3, -0.25) is 4.98 Å². The van der Waals surface area contributed by atoms with Crippen molar-refractivity contribution in [3.8, 4) is 0 Å². The van der Waals surface area contributed by atoms with Crippen molar-refractivity contribution in [2.45, 2.75) is 46.1 Å². The molecular weight excluding hydrogens is 184 g/mol. The summed E-state index contributed by atoms with van der Waals surface area (Å²) < 4.78 is 0. The molecule has 0 unspecified atom stereocenters. The molecule has 84 valence electrons. The van der Waals surface area contributed by atoms with E-state index in [2.05, 4.69) is 36.3 Å². The van der Waals surface area contributed by atoms with E-state index in [0.29, 0.717) is 6.04 Å². The van der Waals surface area contributed by atoms with Gasteiger partial charge in [-0.25, -0.2) is 0 Å². The minimum atomic E-state index is 0.603. The Labute approximate surface area is 93.1 Å². The van der Waals surface area contributed by atoms with Crippen molar-refractivity contribution in [1.29, 1.82) is 0 Å². The molecule has 0 aliphatic rings. The Hall–Kier alpha value is -0.890. The second-order valence-corrected chi connectivity index (χ2v) is 4.37. The third kappa shape index (κ3) is 5.53. The summed E-state index contributed by atoms with van der Waals surface area (Å²) in [6.07, 6.45) is 5.62. The Morgan fingerprint density at radius 3 is 2.67 bits per heavy atom. The Morgan fingerprint density at radius 2 is 2.07 bits per heavy atom. The lowest BCUT2D eigenvalue weighted by atomic mass is 10.1. The highest BCUT2D eigenvalue weighted by Crippen LogP contribution is 2.04. The molecule has 1 N–H and O–H groups in total. The molecule has 0 saturated heterocycles. The molecule has 0 radical (unpaired) electrons. The van der Waals surface area contributed by atoms with Crippen LogP contribution in [0.25, 0.3) is 0 Å². The van der Waals surface area contributed by atoms with E-state index in [1.54, 1.807) is 0 Å². The zero-order valence-corrected chi connectivity index (χ0v) is 10.1. The van der Waals surface area contributed by atoms with E-state index in [9.17, 15) is 0 Å². The highest BCUT2D eigenvalue weighted by molar-refractivity contribution is 5.12. The molecule has 0 fully saturated rings. The van der Waals surface area contributed by atoms with Crippen LogP contribution in [0.3, 0.4) is 0 Å². The number of nitrogens with zero attached hydrogens (tertiary/aromatic N) is 1. The third-order valence-corrected chi connectivity index (χ3v) is 2.42. The molecule has 1 aromatic heterocycles. The Bertz CT molecular complexity index is 264. The molecule has 2 nitrogen and oxygen atoms in total. The standard InChI is InChI=1S/C13H22N2/c1-11(2)14-9-5-4-6-13-8-7-12(3)15-10-13/h7-8,10-11,14H,4-6,9H2,1-3H3. The van der Waals surface area contributed by atoms with Gasteiger partial charge < -0.3 is 5.32 Å². The third-order valence-electron chi connectivity index (χ3n) is 2.42. The van der Waals surface area contributed by atoms with E-state index >= 15 is 0 Å². The smallest absolute Gasteiger partial charge is 0.0372 e. The molecule has 2 heteroatoms. The lowest BCUT2D eigenvalue weighted by Crippen LogP contribution is -2.23. The fraction of sp³-hybridized carbons (Fsp3) is 0.615. The largest absolute Gasteiger partial charge is 0.315 e. The summed E-state index contributed by atoms with van der Waals surface area (Å²) >= 11 is 0. The predicted molar refractivity (Wildman–Crippen MR) is 65.1 cm³/mol. The first-order chi connectivity index (χ1) is 7.18. The molecule has 0 spiro atoms. The van der Waals surface area contributed by atoms with E-state index in [1.165, 1.54) is 18.4 Å². The molecule has 0 atom stereocenters. The quantitative estimate of drug-likeness (QED) is 0.724. The van der Waals surface area contributed by atoms with Gasteiger partial charge in [0.2, 0.25) is 0 Å². The summed E-state index contributed by atoms with van der Waals surface area (Å²) in [6, 6.07) is 4.87. The van der Waals surface area contributed by atoms with Crippen LogP contribution >= 0.6 is 0 Å². The van der Waals surface area contributed by atoms with Crippen LogP contribution in [-0.2, 0) is 6.42 Å². The molecule has 1 rings (SSSR count). The summed E-state index contributed by atoms with van der Waals surface area (Å²) in [5.74, 6) is 0. The maximum absolute atomic E-state index is 4.29. The number of aromatic nitrogens is 1. The van der Waals surface area contributed by atoms with Crippen molar-refractivity contribution in [1.82, 2.24) is 10.3 Å². The van der Waals surface area contributed by atoms with Gasteiger partial charge in [-0.2, -0.15) is 0 Å². The van der Waals surface area contributed by atoms with Crippen molar-refractivity contribution in [3.05, 3.63) is 29.6 Å². The maximum Gasteiger partial charge on any atom is 0.0372 e. The minimum Gasteiger partial charge on any atom is -0.315 e. The van der Waals surface area contributed by atoms with Crippen LogP contribution in [0.1, 0.15) is 37.9 Å². The van der Waals surface area contributed by atoms with Gasteiger partial charge in [-0.05, 0) is 44.4 Å². The van der Waals surface area contributed by atoms with Gasteiger partial charge in [-0.1, -0.05) is 19.9 Å². The summed E-state index contributed by atoms with van der Waals surface area (Å²) in [5, 5.41) is 3.43. The summed E-state index contributed by atoms with van der Waals surface area (Å²) in [7, 11) is 0. The fourth-order valence-electron chi connectivity index (χ4n) is 1.49. The van der Waals surface area contributed by atoms with Crippen LogP contribution in [0.4, 0.5) is 0 Å². The van der Waals surface area contributed by atoms with E-state index in [1.807, 2.05) is 13.1 Å². The number of rotatable bonds is 6. The van der Waals surface area contributed by atoms with Gasteiger partial charge in [0.1, 0.15) is 0 Å². The first kappa shape index (κ1) is 12.2. The zero-order valence-electron chi connectivity index (χ0n) is 10.1. The van der Waals surface area contributed by atoms with Crippen molar-refractivity contribution in [3.63, 3.8) is 0 Å². The van der Waals surface area contributed by atoms with Gasteiger partial charge in [0.05, 0.1) is 0 Å². The predicted octanol–water partition coefficient (Wildman–Crippen LogP) is 2.71. The van der Waals surface area contributed by atoms with Crippen LogP contribution in [0, 0.1) is 6.92 Å². The first-order valence-electron chi connectivity index (χ1n) is 5.83. The molecule has 0 amide bonds. The summed E-state index contributed by atoms with van der Waals surface area (Å²) in [4.78, 5) is 4.29. The Balaban J connectivity index is 2.12. The molecule has 0 aliphatic carbocycles. The number of nitrogens with one attached hydrogen (secondary N) is 1. The number of unbranched alkanes of at least 4 members (excludes halogenated alkanes) is 1. The molecule has 15 heavy (non-hydrogen) atoms. The van der Waals surface area contributed by atoms with Gasteiger partial charge in [0.25, 0.3) is 0 Å². The van der Waals surface area contributed by atoms with Crippen LogP contribution in [0.2, 0.25) is 0 Å². The lowest BCUT2D eigenvalue weighted by Gasteiger charge is -2.07. The van der Waals surface area contributed by atoms with Crippen molar-refractivity contribution in [2.24, 2.45) is 0 Å². The Morgan fingerprint density at radius 1 is 1.27 bits per heavy atom. The normalized spacial score (nSPS) is 10.9. The van der Waals surface area contributed by atoms with E-state index < -0.39 is 0 Å². The summed E-state index contributed by atoms with van der Waals surface area (Å²) in [6.45, 7) is 7.51. The van der Waals surface area contributed by atoms with E-state index in [0.717, 1.165) is 18.7 Å². The van der Waals surface area contributed by atoms with Gasteiger partial charge in [-0.15, -0.1) is 0 Å². The Kier molecular flexibility index (Phi) is 5.33. The topological polar surface area (TPSA) is 24.9 Å². The molecule has 1 aromatic rings. The molecule has 1 heterocycles. The maximum atomic E-state index is 4.29. The van der Waals surface area contributed by atoms with Crippen LogP contribution in [0.5, 0.6) is 0 Å². The van der Waals surface area contributed by atoms with Crippen molar-refractivity contribution < 1.29 is 0 Å². The average molecular weight is 206 g/mol. The van der Waals surface area contributed by atoms with Gasteiger partial charge in [0, 0.05) is 17.9 Å². The fourth-order valence-corrected chi connectivity index (χ4v) is 1.49. The molecule has 0 bridgehead atoms. The number of aryl methyl sites for hydroxylation is 2. The SMILES string of the molecule is Cc1ccc(CCCCNC(C)C)cn1. The van der Waals surface area contributed by atoms with Gasteiger partial charge in [0.15, 0.2) is 0 Å². The first-order valence-corrected chi connectivity index (χ1v) is 5.83. The van der Waals surface area contributed by atoms with E-state index in [-0.39, 0.29) is 0 Å². The average Bonchev–Trinajstić information content (AvgIpc) is 2.20. The van der Waals surface area contributed by atoms with Crippen LogP contribution in [0.15, 0.2) is 18.3 Å². The molecule has 0 aromatic carbocycles. The molecule has 0 saturated carbocycles. The lowest BCUT2D eigenvalue weighted by molar-refractivity contribution is 0.557. The monoisotopic (exact) mass is 206 g/mol. The van der Waals surface area contributed by atoms with Crippen LogP contribution in [-0.4, -0.2) is 17.6 Å². The number of hydrogen-bond acceptors (Lipinski definition) is 2. The van der Waals surface area contributed by atoms with E-state index in [4.69, 9.17) is 0 Å². The zero-order chi connectivity index (χ0) is 11.1. The highest BCUT2D eigenvalue weighted by atomic mass is 14.9. The highest BCUT2D eigenvalue weighted by Gasteiger charge is 1.95. The summed E-state index contributed by atoms with van der Waals surface area (Å²) in [5.41, 5.74) is 2.45. The molecular formula is C13H22N2. The number of pyridine rings is 1. The van der Waals surface area contributed by atoms with Crippen LogP contribution < -0.4 is 5.32 Å². The second kappa shape index (κ2) is 6.57. The second-order valence-electron chi connectivity index (χ2n) is 4.37. The minimum absolute atomic E-state index is 0.603. The van der Waals surface area contributed by atoms with Crippen molar-refractivity contribution >= 4 is 0 Å². The number of hydrogen-bond donors (Lipinski definition) is 1. The van der Waals surface area contributed by atoms with Gasteiger partial charge >= 0.3 is 0 Å².